The quantitative estimate of drug-likeness (QED) is 0.918. The average Bonchev–Trinajstić information content (AvgIpc) is 3.06. The van der Waals surface area contributed by atoms with Gasteiger partial charge in [-0.05, 0) is 43.9 Å². The van der Waals surface area contributed by atoms with Gasteiger partial charge >= 0.3 is 0 Å². The largest absolute Gasteiger partial charge is 0.481 e. The first-order chi connectivity index (χ1) is 10.6. The van der Waals surface area contributed by atoms with Crippen molar-refractivity contribution >= 4 is 5.91 Å². The van der Waals surface area contributed by atoms with Gasteiger partial charge in [0.15, 0.2) is 6.10 Å². The SMILES string of the molecule is C[C@H](Oc1ccccc1)C(=O)NCc1c2c(nn1C)CCC2. The fourth-order valence-electron chi connectivity index (χ4n) is 2.88. The maximum atomic E-state index is 12.2. The number of nitrogens with one attached hydrogen (secondary N) is 1. The van der Waals surface area contributed by atoms with Crippen LogP contribution in [0, 0.1) is 0 Å². The van der Waals surface area contributed by atoms with Gasteiger partial charge in [-0.2, -0.15) is 5.10 Å². The lowest BCUT2D eigenvalue weighted by atomic mass is 10.2. The van der Waals surface area contributed by atoms with E-state index in [0.29, 0.717) is 12.3 Å². The zero-order valence-corrected chi connectivity index (χ0v) is 13.0. The Morgan fingerprint density at radius 2 is 2.14 bits per heavy atom. The van der Waals surface area contributed by atoms with Gasteiger partial charge in [0.05, 0.1) is 17.9 Å². The highest BCUT2D eigenvalue weighted by Crippen LogP contribution is 2.24. The third-order valence-electron chi connectivity index (χ3n) is 4.05. The van der Waals surface area contributed by atoms with Crippen molar-refractivity contribution in [2.45, 2.75) is 38.8 Å². The van der Waals surface area contributed by atoms with Crippen LogP contribution in [0.2, 0.25) is 0 Å². The van der Waals surface area contributed by atoms with Gasteiger partial charge in [-0.1, -0.05) is 18.2 Å². The molecule has 1 aromatic carbocycles. The molecule has 1 heterocycles. The van der Waals surface area contributed by atoms with Crippen molar-refractivity contribution in [2.24, 2.45) is 7.05 Å². The van der Waals surface area contributed by atoms with E-state index in [1.54, 1.807) is 6.92 Å². The normalized spacial score (nSPS) is 14.5. The van der Waals surface area contributed by atoms with E-state index in [2.05, 4.69) is 10.4 Å². The predicted octanol–water partition coefficient (Wildman–Crippen LogP) is 1.99. The van der Waals surface area contributed by atoms with Gasteiger partial charge in [-0.3, -0.25) is 9.48 Å². The van der Waals surface area contributed by atoms with Crippen molar-refractivity contribution in [1.29, 1.82) is 0 Å². The van der Waals surface area contributed by atoms with E-state index in [1.807, 2.05) is 42.1 Å². The summed E-state index contributed by atoms with van der Waals surface area (Å²) in [7, 11) is 1.93. The number of carbonyl (C=O) groups excluding carboxylic acids is 1. The number of benzene rings is 1. The van der Waals surface area contributed by atoms with E-state index >= 15 is 0 Å². The first-order valence-electron chi connectivity index (χ1n) is 7.68. The van der Waals surface area contributed by atoms with Crippen LogP contribution in [-0.2, 0) is 31.2 Å². The summed E-state index contributed by atoms with van der Waals surface area (Å²) in [6.45, 7) is 2.26. The number of amides is 1. The van der Waals surface area contributed by atoms with Crippen molar-refractivity contribution in [3.05, 3.63) is 47.3 Å². The Balaban J connectivity index is 1.58. The molecule has 0 aliphatic heterocycles. The molecule has 0 saturated carbocycles. The highest BCUT2D eigenvalue weighted by Gasteiger charge is 2.22. The molecule has 22 heavy (non-hydrogen) atoms. The second kappa shape index (κ2) is 6.22. The second-order valence-corrected chi connectivity index (χ2v) is 5.64. The summed E-state index contributed by atoms with van der Waals surface area (Å²) in [5, 5.41) is 7.47. The van der Waals surface area contributed by atoms with Gasteiger partial charge in [-0.15, -0.1) is 0 Å². The number of hydrogen-bond donors (Lipinski definition) is 1. The van der Waals surface area contributed by atoms with Crippen LogP contribution in [-0.4, -0.2) is 21.8 Å². The predicted molar refractivity (Wildman–Crippen MR) is 83.6 cm³/mol. The van der Waals surface area contributed by atoms with Gasteiger partial charge in [0.1, 0.15) is 5.75 Å². The molecule has 116 valence electrons. The van der Waals surface area contributed by atoms with E-state index in [4.69, 9.17) is 4.74 Å². The van der Waals surface area contributed by atoms with Gasteiger partial charge in [0, 0.05) is 7.05 Å². The summed E-state index contributed by atoms with van der Waals surface area (Å²) in [6, 6.07) is 9.38. The summed E-state index contributed by atoms with van der Waals surface area (Å²) in [6.07, 6.45) is 2.74. The van der Waals surface area contributed by atoms with E-state index in [9.17, 15) is 4.79 Å². The van der Waals surface area contributed by atoms with Crippen molar-refractivity contribution in [3.63, 3.8) is 0 Å². The minimum Gasteiger partial charge on any atom is -0.481 e. The highest BCUT2D eigenvalue weighted by molar-refractivity contribution is 5.80. The number of aryl methyl sites for hydroxylation is 2. The number of ether oxygens (including phenoxy) is 1. The average molecular weight is 299 g/mol. The van der Waals surface area contributed by atoms with E-state index in [1.165, 1.54) is 11.3 Å². The van der Waals surface area contributed by atoms with E-state index in [0.717, 1.165) is 25.0 Å². The van der Waals surface area contributed by atoms with Gasteiger partial charge in [0.2, 0.25) is 0 Å². The molecule has 0 saturated heterocycles. The van der Waals surface area contributed by atoms with Crippen LogP contribution in [0.15, 0.2) is 30.3 Å². The number of hydrogen-bond acceptors (Lipinski definition) is 3. The van der Waals surface area contributed by atoms with Crippen LogP contribution in [0.5, 0.6) is 5.75 Å². The van der Waals surface area contributed by atoms with Gasteiger partial charge in [0.25, 0.3) is 5.91 Å². The molecule has 1 N–H and O–H groups in total. The Kier molecular flexibility index (Phi) is 4.13. The molecular formula is C17H21N3O2. The molecule has 0 spiro atoms. The standard InChI is InChI=1S/C17H21N3O2/c1-12(22-13-7-4-3-5-8-13)17(21)18-11-16-14-9-6-10-15(14)19-20(16)2/h3-5,7-8,12H,6,9-11H2,1-2H3,(H,18,21)/t12-/m0/s1. The number of para-hydroxylation sites is 1. The molecule has 5 heteroatoms. The summed E-state index contributed by atoms with van der Waals surface area (Å²) in [4.78, 5) is 12.2. The Labute approximate surface area is 130 Å². The second-order valence-electron chi connectivity index (χ2n) is 5.64. The lowest BCUT2D eigenvalue weighted by Crippen LogP contribution is -2.36. The van der Waals surface area contributed by atoms with E-state index < -0.39 is 6.10 Å². The summed E-state index contributed by atoms with van der Waals surface area (Å²) < 4.78 is 7.52. The zero-order valence-electron chi connectivity index (χ0n) is 13.0. The maximum absolute atomic E-state index is 12.2. The topological polar surface area (TPSA) is 56.1 Å². The van der Waals surface area contributed by atoms with E-state index in [-0.39, 0.29) is 5.91 Å². The monoisotopic (exact) mass is 299 g/mol. The zero-order chi connectivity index (χ0) is 15.5. The first-order valence-corrected chi connectivity index (χ1v) is 7.68. The molecule has 0 bridgehead atoms. The molecule has 0 radical (unpaired) electrons. The van der Waals surface area contributed by atoms with Crippen LogP contribution in [0.1, 0.15) is 30.3 Å². The Bertz CT molecular complexity index is 664. The number of aromatic nitrogens is 2. The molecule has 1 amide bonds. The number of carbonyl (C=O) groups is 1. The first kappa shape index (κ1) is 14.6. The lowest BCUT2D eigenvalue weighted by molar-refractivity contribution is -0.127. The molecular weight excluding hydrogens is 278 g/mol. The molecule has 3 rings (SSSR count). The number of rotatable bonds is 5. The fourth-order valence-corrected chi connectivity index (χ4v) is 2.88. The van der Waals surface area contributed by atoms with Crippen LogP contribution in [0.4, 0.5) is 0 Å². The summed E-state index contributed by atoms with van der Waals surface area (Å²) in [5.74, 6) is 0.586. The lowest BCUT2D eigenvalue weighted by Gasteiger charge is -2.15. The summed E-state index contributed by atoms with van der Waals surface area (Å²) in [5.41, 5.74) is 3.59. The van der Waals surface area contributed by atoms with Crippen LogP contribution >= 0.6 is 0 Å². The fraction of sp³-hybridized carbons (Fsp3) is 0.412. The molecule has 5 nitrogen and oxygen atoms in total. The van der Waals surface area contributed by atoms with Gasteiger partial charge < -0.3 is 10.1 Å². The molecule has 0 unspecified atom stereocenters. The minimum atomic E-state index is -0.524. The smallest absolute Gasteiger partial charge is 0.261 e. The van der Waals surface area contributed by atoms with Crippen molar-refractivity contribution in [1.82, 2.24) is 15.1 Å². The molecule has 1 aliphatic rings. The Morgan fingerprint density at radius 1 is 1.36 bits per heavy atom. The van der Waals surface area contributed by atoms with Crippen molar-refractivity contribution in [3.8, 4) is 5.75 Å². The maximum Gasteiger partial charge on any atom is 0.261 e. The molecule has 2 aromatic rings. The Morgan fingerprint density at radius 3 is 2.91 bits per heavy atom. The third-order valence-corrected chi connectivity index (χ3v) is 4.05. The van der Waals surface area contributed by atoms with Crippen LogP contribution in [0.3, 0.4) is 0 Å². The highest BCUT2D eigenvalue weighted by atomic mass is 16.5. The van der Waals surface area contributed by atoms with Crippen molar-refractivity contribution in [2.75, 3.05) is 0 Å². The Hall–Kier alpha value is -2.30. The number of nitrogens with zero attached hydrogens (tertiary/aromatic N) is 2. The molecule has 1 aliphatic carbocycles. The van der Waals surface area contributed by atoms with Crippen molar-refractivity contribution < 1.29 is 9.53 Å². The third kappa shape index (κ3) is 2.98. The molecule has 1 aromatic heterocycles. The minimum absolute atomic E-state index is 0.114. The number of fused-ring (bicyclic) bond motifs is 1. The molecule has 1 atom stereocenters. The van der Waals surface area contributed by atoms with Crippen LogP contribution < -0.4 is 10.1 Å². The summed E-state index contributed by atoms with van der Waals surface area (Å²) >= 11 is 0. The van der Waals surface area contributed by atoms with Crippen LogP contribution in [0.25, 0.3) is 0 Å². The van der Waals surface area contributed by atoms with Gasteiger partial charge in [-0.25, -0.2) is 0 Å². The molecule has 0 fully saturated rings.